The molecule has 0 unspecified atom stereocenters. The van der Waals surface area contributed by atoms with E-state index in [1.807, 2.05) is 37.3 Å². The van der Waals surface area contributed by atoms with Crippen LogP contribution in [0.25, 0.3) is 11.4 Å². The molecular weight excluding hydrogens is 410 g/mol. The second kappa shape index (κ2) is 10.00. The van der Waals surface area contributed by atoms with Crippen LogP contribution < -0.4 is 15.0 Å². The van der Waals surface area contributed by atoms with Crippen LogP contribution in [0.3, 0.4) is 0 Å². The van der Waals surface area contributed by atoms with Gasteiger partial charge in [0.1, 0.15) is 5.75 Å². The van der Waals surface area contributed by atoms with E-state index in [0.29, 0.717) is 29.1 Å². The number of rotatable bonds is 7. The van der Waals surface area contributed by atoms with Crippen molar-refractivity contribution in [2.24, 2.45) is 0 Å². The fourth-order valence-electron chi connectivity index (χ4n) is 3.23. The highest BCUT2D eigenvalue weighted by atomic mass is 16.6. The van der Waals surface area contributed by atoms with Crippen molar-refractivity contribution in [2.45, 2.75) is 33.1 Å². The lowest BCUT2D eigenvalue weighted by Crippen LogP contribution is -2.27. The van der Waals surface area contributed by atoms with Crippen molar-refractivity contribution in [1.29, 1.82) is 0 Å². The molecule has 0 atom stereocenters. The number of esters is 1. The lowest BCUT2D eigenvalue weighted by Gasteiger charge is -2.17. The molecule has 0 saturated heterocycles. The van der Waals surface area contributed by atoms with Gasteiger partial charge in [-0.2, -0.15) is 0 Å². The summed E-state index contributed by atoms with van der Waals surface area (Å²) in [6.45, 7) is 3.36. The number of carbonyl (C=O) groups is 2. The molecule has 8 nitrogen and oxygen atoms in total. The molecule has 0 aliphatic rings. The highest BCUT2D eigenvalue weighted by Gasteiger charge is 2.26. The summed E-state index contributed by atoms with van der Waals surface area (Å²) in [4.78, 5) is 38.6. The first kappa shape index (κ1) is 22.9. The van der Waals surface area contributed by atoms with E-state index in [2.05, 4.69) is 0 Å². The molecule has 0 aliphatic heterocycles. The van der Waals surface area contributed by atoms with Crippen molar-refractivity contribution in [3.05, 3.63) is 70.5 Å². The van der Waals surface area contributed by atoms with E-state index in [1.165, 1.54) is 16.5 Å². The van der Waals surface area contributed by atoms with Crippen LogP contribution in [-0.2, 0) is 11.2 Å². The Hall–Kier alpha value is -3.81. The lowest BCUT2D eigenvalue weighted by molar-refractivity contribution is -0.131. The van der Waals surface area contributed by atoms with Gasteiger partial charge in [-0.3, -0.25) is 9.59 Å². The highest BCUT2D eigenvalue weighted by Crippen LogP contribution is 2.27. The van der Waals surface area contributed by atoms with Gasteiger partial charge >= 0.3 is 12.1 Å². The van der Waals surface area contributed by atoms with Gasteiger partial charge in [-0.1, -0.05) is 31.5 Å². The van der Waals surface area contributed by atoms with Crippen LogP contribution in [0.2, 0.25) is 0 Å². The number of amides is 1. The first-order valence-corrected chi connectivity index (χ1v) is 10.4. The monoisotopic (exact) mass is 437 g/mol. The highest BCUT2D eigenvalue weighted by molar-refractivity contribution is 5.70. The molecule has 3 aromatic rings. The normalized spacial score (nSPS) is 10.6. The molecule has 8 heteroatoms. The fourth-order valence-corrected chi connectivity index (χ4v) is 3.23. The second-order valence-corrected chi connectivity index (χ2v) is 7.50. The van der Waals surface area contributed by atoms with E-state index < -0.39 is 12.1 Å². The molecule has 2 aromatic carbocycles. The average molecular weight is 437 g/mol. The molecular formula is C24H27N3O5. The summed E-state index contributed by atoms with van der Waals surface area (Å²) in [5.41, 5.74) is 1.36. The predicted octanol–water partition coefficient (Wildman–Crippen LogP) is 3.96. The van der Waals surface area contributed by atoms with E-state index in [1.54, 1.807) is 43.0 Å². The van der Waals surface area contributed by atoms with Gasteiger partial charge in [0.15, 0.2) is 0 Å². The van der Waals surface area contributed by atoms with Crippen molar-refractivity contribution in [3.8, 4) is 23.0 Å². The first-order valence-electron chi connectivity index (χ1n) is 10.4. The Morgan fingerprint density at radius 1 is 0.906 bits per heavy atom. The molecule has 0 saturated carbocycles. The molecule has 1 amide bonds. The van der Waals surface area contributed by atoms with Gasteiger partial charge in [0, 0.05) is 21.0 Å². The Labute approximate surface area is 186 Å². The van der Waals surface area contributed by atoms with Crippen LogP contribution in [0, 0.1) is 0 Å². The molecule has 0 radical (unpaired) electrons. The minimum Gasteiger partial charge on any atom is -0.427 e. The summed E-state index contributed by atoms with van der Waals surface area (Å²) >= 11 is 0. The lowest BCUT2D eigenvalue weighted by atomic mass is 10.1. The molecule has 1 aromatic heterocycles. The number of aromatic nitrogens is 2. The Balaban J connectivity index is 2.25. The van der Waals surface area contributed by atoms with Gasteiger partial charge in [-0.05, 0) is 49.2 Å². The molecule has 168 valence electrons. The maximum atomic E-state index is 13.6. The van der Waals surface area contributed by atoms with Gasteiger partial charge in [-0.15, -0.1) is 0 Å². The van der Waals surface area contributed by atoms with Crippen molar-refractivity contribution in [1.82, 2.24) is 14.3 Å². The number of hydrogen-bond donors (Lipinski definition) is 0. The molecule has 0 aliphatic carbocycles. The van der Waals surface area contributed by atoms with Gasteiger partial charge in [0.2, 0.25) is 5.88 Å². The third kappa shape index (κ3) is 4.91. The Bertz CT molecular complexity index is 1140. The van der Waals surface area contributed by atoms with Crippen LogP contribution in [-0.4, -0.2) is 40.4 Å². The number of carbonyl (C=O) groups excluding carboxylic acids is 2. The number of hydrogen-bond acceptors (Lipinski definition) is 5. The van der Waals surface area contributed by atoms with E-state index >= 15 is 0 Å². The minimum atomic E-state index is -0.574. The van der Waals surface area contributed by atoms with Crippen molar-refractivity contribution >= 4 is 12.1 Å². The quantitative estimate of drug-likeness (QED) is 0.413. The summed E-state index contributed by atoms with van der Waals surface area (Å²) in [5, 5.41) is 0. The van der Waals surface area contributed by atoms with E-state index in [0.717, 1.165) is 12.8 Å². The Morgan fingerprint density at radius 2 is 1.53 bits per heavy atom. The summed E-state index contributed by atoms with van der Waals surface area (Å²) in [6, 6.07) is 15.8. The topological polar surface area (TPSA) is 82.8 Å². The van der Waals surface area contributed by atoms with Crippen LogP contribution in [0.4, 0.5) is 4.79 Å². The summed E-state index contributed by atoms with van der Waals surface area (Å²) in [7, 11) is 3.17. The van der Waals surface area contributed by atoms with E-state index in [4.69, 9.17) is 9.47 Å². The molecule has 0 spiro atoms. The zero-order valence-electron chi connectivity index (χ0n) is 18.7. The van der Waals surface area contributed by atoms with Crippen LogP contribution >= 0.6 is 0 Å². The minimum absolute atomic E-state index is 0.192. The maximum absolute atomic E-state index is 13.6. The van der Waals surface area contributed by atoms with Crippen LogP contribution in [0.1, 0.15) is 32.3 Å². The van der Waals surface area contributed by atoms with Crippen molar-refractivity contribution < 1.29 is 19.1 Å². The zero-order valence-corrected chi connectivity index (χ0v) is 18.7. The smallest absolute Gasteiger partial charge is 0.416 e. The molecule has 0 fully saturated rings. The van der Waals surface area contributed by atoms with Crippen molar-refractivity contribution in [3.63, 3.8) is 0 Å². The summed E-state index contributed by atoms with van der Waals surface area (Å²) in [5.74, 6) is 0.136. The third-order valence-corrected chi connectivity index (χ3v) is 4.77. The van der Waals surface area contributed by atoms with E-state index in [9.17, 15) is 14.4 Å². The predicted molar refractivity (Wildman–Crippen MR) is 121 cm³/mol. The van der Waals surface area contributed by atoms with Crippen molar-refractivity contribution in [2.75, 3.05) is 14.1 Å². The fraction of sp³-hybridized carbons (Fsp3) is 0.292. The summed E-state index contributed by atoms with van der Waals surface area (Å²) < 4.78 is 13.9. The van der Waals surface area contributed by atoms with Gasteiger partial charge in [-0.25, -0.2) is 14.2 Å². The van der Waals surface area contributed by atoms with Crippen LogP contribution in [0.15, 0.2) is 59.4 Å². The number of ether oxygens (including phenoxy) is 2. The molecule has 1 heterocycles. The number of nitrogens with zero attached hydrogens (tertiary/aromatic N) is 3. The molecule has 0 bridgehead atoms. The van der Waals surface area contributed by atoms with Gasteiger partial charge in [0.05, 0.1) is 16.9 Å². The number of unbranched alkanes of at least 4 members (excludes halogenated alkanes) is 1. The Morgan fingerprint density at radius 3 is 2.09 bits per heavy atom. The van der Waals surface area contributed by atoms with Crippen LogP contribution in [0.5, 0.6) is 11.6 Å². The van der Waals surface area contributed by atoms with Gasteiger partial charge in [0.25, 0.3) is 5.56 Å². The summed E-state index contributed by atoms with van der Waals surface area (Å²) in [6.07, 6.45) is 1.55. The first-order chi connectivity index (χ1) is 15.3. The zero-order chi connectivity index (χ0) is 23.3. The molecule has 32 heavy (non-hydrogen) atoms. The molecule has 0 N–H and O–H groups in total. The average Bonchev–Trinajstić information content (AvgIpc) is 3.04. The number of benzene rings is 2. The number of para-hydroxylation sites is 1. The van der Waals surface area contributed by atoms with E-state index in [-0.39, 0.29) is 11.4 Å². The molecule has 3 rings (SSSR count). The third-order valence-electron chi connectivity index (χ3n) is 4.77. The maximum Gasteiger partial charge on any atom is 0.416 e. The Kier molecular flexibility index (Phi) is 7.14. The second-order valence-electron chi connectivity index (χ2n) is 7.50. The largest absolute Gasteiger partial charge is 0.427 e. The SMILES string of the molecule is CCCCc1c(OC(=O)N(C)C)n(-c2ccccc2)n(-c2ccc(OC(C)=O)cc2)c1=O. The van der Waals surface area contributed by atoms with Gasteiger partial charge < -0.3 is 14.4 Å². The standard InChI is InChI=1S/C24H27N3O5/c1-5-6-12-21-22(29)26(19-13-15-20(16-14-19)31-17(2)28)27(18-10-8-7-9-11-18)23(21)32-24(30)25(3)4/h7-11,13-16H,5-6,12H2,1-4H3.